The Balaban J connectivity index is 1.89. The quantitative estimate of drug-likeness (QED) is 0.771. The van der Waals surface area contributed by atoms with Crippen molar-refractivity contribution in [3.63, 3.8) is 0 Å². The van der Waals surface area contributed by atoms with E-state index in [1.54, 1.807) is 20.7 Å². The molecular weight excluding hydrogens is 252 g/mol. The van der Waals surface area contributed by atoms with E-state index < -0.39 is 0 Å². The second kappa shape index (κ2) is 5.60. The Bertz CT molecular complexity index is 472. The molecule has 2 amide bonds. The third-order valence-corrected chi connectivity index (χ3v) is 3.39. The van der Waals surface area contributed by atoms with E-state index in [4.69, 9.17) is 5.26 Å². The molecule has 2 rings (SSSR count). The van der Waals surface area contributed by atoms with E-state index in [1.807, 2.05) is 6.07 Å². The van der Waals surface area contributed by atoms with Gasteiger partial charge in [0, 0.05) is 31.6 Å². The zero-order valence-electron chi connectivity index (χ0n) is 9.70. The van der Waals surface area contributed by atoms with Gasteiger partial charge in [0.1, 0.15) is 12.1 Å². The summed E-state index contributed by atoms with van der Waals surface area (Å²) >= 11 is 1.38. The molecule has 0 unspecified atom stereocenters. The number of aromatic nitrogens is 1. The first-order valence-corrected chi connectivity index (χ1v) is 6.49. The average Bonchev–Trinajstić information content (AvgIpc) is 2.92. The minimum absolute atomic E-state index is 0.0939. The van der Waals surface area contributed by atoms with Gasteiger partial charge in [-0.05, 0) is 0 Å². The molecule has 94 valence electrons. The lowest BCUT2D eigenvalue weighted by atomic mass is 10.2. The standard InChI is InChI=1S/C11H12N4O2S/c12-2-1-10(16)14-3-5-15(6-4-14)11(17)9-7-18-8-13-9/h7-8H,1,3-6H2. The Labute approximate surface area is 108 Å². The molecule has 0 aromatic carbocycles. The summed E-state index contributed by atoms with van der Waals surface area (Å²) in [7, 11) is 0. The Hall–Kier alpha value is -1.94. The highest BCUT2D eigenvalue weighted by molar-refractivity contribution is 7.07. The maximum absolute atomic E-state index is 12.0. The zero-order chi connectivity index (χ0) is 13.0. The van der Waals surface area contributed by atoms with Gasteiger partial charge in [-0.2, -0.15) is 5.26 Å². The molecule has 0 spiro atoms. The van der Waals surface area contributed by atoms with Gasteiger partial charge >= 0.3 is 0 Å². The molecule has 2 heterocycles. The summed E-state index contributed by atoms with van der Waals surface area (Å²) in [6, 6.07) is 1.84. The lowest BCUT2D eigenvalue weighted by molar-refractivity contribution is -0.131. The molecule has 1 aromatic heterocycles. The van der Waals surface area contributed by atoms with Gasteiger partial charge in [0.15, 0.2) is 0 Å². The smallest absolute Gasteiger partial charge is 0.273 e. The van der Waals surface area contributed by atoms with Gasteiger partial charge in [-0.15, -0.1) is 11.3 Å². The lowest BCUT2D eigenvalue weighted by Crippen LogP contribution is -2.50. The lowest BCUT2D eigenvalue weighted by Gasteiger charge is -2.34. The van der Waals surface area contributed by atoms with Crippen molar-refractivity contribution in [3.05, 3.63) is 16.6 Å². The summed E-state index contributed by atoms with van der Waals surface area (Å²) in [6.07, 6.45) is -0.0972. The van der Waals surface area contributed by atoms with Crippen LogP contribution in [0, 0.1) is 11.3 Å². The topological polar surface area (TPSA) is 77.3 Å². The summed E-state index contributed by atoms with van der Waals surface area (Å²) in [6.45, 7) is 1.95. The van der Waals surface area contributed by atoms with Gasteiger partial charge in [0.25, 0.3) is 5.91 Å². The Morgan fingerprint density at radius 3 is 2.56 bits per heavy atom. The fourth-order valence-corrected chi connectivity index (χ4v) is 2.34. The molecule has 1 aromatic rings. The summed E-state index contributed by atoms with van der Waals surface area (Å²) in [5.74, 6) is -0.262. The van der Waals surface area contributed by atoms with E-state index >= 15 is 0 Å². The Morgan fingerprint density at radius 2 is 2.00 bits per heavy atom. The molecule has 1 aliphatic heterocycles. The first kappa shape index (κ1) is 12.5. The molecule has 1 saturated heterocycles. The molecule has 0 aliphatic carbocycles. The van der Waals surface area contributed by atoms with Crippen LogP contribution in [0.4, 0.5) is 0 Å². The van der Waals surface area contributed by atoms with Crippen molar-refractivity contribution in [2.75, 3.05) is 26.2 Å². The molecule has 0 bridgehead atoms. The molecule has 0 radical (unpaired) electrons. The molecule has 7 heteroatoms. The van der Waals surface area contributed by atoms with Gasteiger partial charge in [-0.1, -0.05) is 0 Å². The van der Waals surface area contributed by atoms with E-state index in [0.717, 1.165) is 0 Å². The normalized spacial score (nSPS) is 15.3. The molecular formula is C11H12N4O2S. The van der Waals surface area contributed by atoms with Gasteiger partial charge < -0.3 is 9.80 Å². The predicted molar refractivity (Wildman–Crippen MR) is 64.8 cm³/mol. The monoisotopic (exact) mass is 264 g/mol. The number of piperazine rings is 1. The van der Waals surface area contributed by atoms with Crippen LogP contribution < -0.4 is 0 Å². The maximum atomic E-state index is 12.0. The van der Waals surface area contributed by atoms with Crippen LogP contribution in [0.25, 0.3) is 0 Å². The SMILES string of the molecule is N#CCC(=O)N1CCN(C(=O)c2cscn2)CC1. The highest BCUT2D eigenvalue weighted by atomic mass is 32.1. The summed E-state index contributed by atoms with van der Waals surface area (Å²) in [5.41, 5.74) is 2.08. The van der Waals surface area contributed by atoms with E-state index in [0.29, 0.717) is 31.9 Å². The highest BCUT2D eigenvalue weighted by Gasteiger charge is 2.25. The summed E-state index contributed by atoms with van der Waals surface area (Å²) < 4.78 is 0. The van der Waals surface area contributed by atoms with E-state index in [9.17, 15) is 9.59 Å². The minimum atomic E-state index is -0.168. The molecule has 0 saturated carbocycles. The van der Waals surface area contributed by atoms with Crippen LogP contribution in [0.2, 0.25) is 0 Å². The van der Waals surface area contributed by atoms with Gasteiger partial charge in [-0.25, -0.2) is 4.98 Å². The third kappa shape index (κ3) is 2.65. The van der Waals surface area contributed by atoms with Gasteiger partial charge in [0.2, 0.25) is 5.91 Å². The number of nitriles is 1. The van der Waals surface area contributed by atoms with Crippen LogP contribution in [-0.4, -0.2) is 52.8 Å². The van der Waals surface area contributed by atoms with E-state index in [1.165, 1.54) is 11.3 Å². The summed E-state index contributed by atoms with van der Waals surface area (Å²) in [4.78, 5) is 30.8. The average molecular weight is 264 g/mol. The molecule has 18 heavy (non-hydrogen) atoms. The number of carbonyl (C=O) groups is 2. The Morgan fingerprint density at radius 1 is 1.33 bits per heavy atom. The minimum Gasteiger partial charge on any atom is -0.338 e. The number of nitrogens with zero attached hydrogens (tertiary/aromatic N) is 4. The zero-order valence-corrected chi connectivity index (χ0v) is 10.5. The van der Waals surface area contributed by atoms with Crippen molar-refractivity contribution in [3.8, 4) is 6.07 Å². The second-order valence-electron chi connectivity index (χ2n) is 3.88. The van der Waals surface area contributed by atoms with E-state index in [2.05, 4.69) is 4.98 Å². The van der Waals surface area contributed by atoms with Crippen LogP contribution >= 0.6 is 11.3 Å². The number of hydrogen-bond donors (Lipinski definition) is 0. The highest BCUT2D eigenvalue weighted by Crippen LogP contribution is 2.09. The van der Waals surface area contributed by atoms with Crippen molar-refractivity contribution in [2.24, 2.45) is 0 Å². The number of carbonyl (C=O) groups excluding carboxylic acids is 2. The van der Waals surface area contributed by atoms with Gasteiger partial charge in [0.05, 0.1) is 11.6 Å². The van der Waals surface area contributed by atoms with Crippen molar-refractivity contribution < 1.29 is 9.59 Å². The van der Waals surface area contributed by atoms with Crippen molar-refractivity contribution in [2.45, 2.75) is 6.42 Å². The predicted octanol–water partition coefficient (Wildman–Crippen LogP) is 0.341. The van der Waals surface area contributed by atoms with Crippen LogP contribution in [0.1, 0.15) is 16.9 Å². The third-order valence-electron chi connectivity index (χ3n) is 2.80. The van der Waals surface area contributed by atoms with Crippen molar-refractivity contribution in [1.82, 2.24) is 14.8 Å². The van der Waals surface area contributed by atoms with Crippen LogP contribution in [0.5, 0.6) is 0 Å². The fraction of sp³-hybridized carbons (Fsp3) is 0.455. The van der Waals surface area contributed by atoms with Crippen LogP contribution in [-0.2, 0) is 4.79 Å². The van der Waals surface area contributed by atoms with Crippen LogP contribution in [0.3, 0.4) is 0 Å². The first-order valence-electron chi connectivity index (χ1n) is 5.54. The molecule has 0 N–H and O–H groups in total. The molecule has 1 fully saturated rings. The maximum Gasteiger partial charge on any atom is 0.273 e. The van der Waals surface area contributed by atoms with Crippen LogP contribution in [0.15, 0.2) is 10.9 Å². The first-order chi connectivity index (χ1) is 8.72. The number of thiazole rings is 1. The molecule has 6 nitrogen and oxygen atoms in total. The summed E-state index contributed by atoms with van der Waals surface area (Å²) in [5, 5.41) is 10.2. The van der Waals surface area contributed by atoms with Crippen molar-refractivity contribution >= 4 is 23.2 Å². The van der Waals surface area contributed by atoms with Crippen molar-refractivity contribution in [1.29, 1.82) is 5.26 Å². The Kier molecular flexibility index (Phi) is 3.89. The molecule has 1 aliphatic rings. The van der Waals surface area contributed by atoms with E-state index in [-0.39, 0.29) is 18.2 Å². The van der Waals surface area contributed by atoms with Gasteiger partial charge in [-0.3, -0.25) is 9.59 Å². The number of hydrogen-bond acceptors (Lipinski definition) is 5. The second-order valence-corrected chi connectivity index (χ2v) is 4.60. The number of rotatable bonds is 2. The number of amides is 2. The largest absolute Gasteiger partial charge is 0.338 e. The fourth-order valence-electron chi connectivity index (χ4n) is 1.82. The molecule has 0 atom stereocenters.